The van der Waals surface area contributed by atoms with Crippen LogP contribution < -0.4 is 20.8 Å². The minimum absolute atomic E-state index is 0.0543. The standard InChI is InChI=1S/C38H57NO9Si/c1-38(2,3)49(36-10-6-4-7-11-36,37-12-8-5-9-13-37)48-33-31-46-29-27-44-25-23-42-21-19-40-18-20-41-22-24-43-26-28-45-30-32-47-35-16-14-34(39)15-17-35/h4-17H,18-33,39H2,1-3H3. The molecular formula is C38H57NO9Si. The maximum absolute atomic E-state index is 6.84. The van der Waals surface area contributed by atoms with Crippen LogP contribution >= 0.6 is 0 Å². The van der Waals surface area contributed by atoms with E-state index >= 15 is 0 Å². The van der Waals surface area contributed by atoms with E-state index in [0.717, 1.165) is 5.75 Å². The number of nitrogen functional groups attached to an aromatic ring is 1. The average molecular weight is 700 g/mol. The summed E-state index contributed by atoms with van der Waals surface area (Å²) in [7, 11) is -2.53. The molecule has 2 N–H and O–H groups in total. The van der Waals surface area contributed by atoms with Gasteiger partial charge in [0, 0.05) is 5.69 Å². The Kier molecular flexibility index (Phi) is 20.2. The first-order valence-electron chi connectivity index (χ1n) is 17.2. The lowest BCUT2D eigenvalue weighted by Crippen LogP contribution is -2.66. The van der Waals surface area contributed by atoms with E-state index in [2.05, 4.69) is 81.4 Å². The minimum Gasteiger partial charge on any atom is -0.491 e. The molecule has 0 aromatic heterocycles. The van der Waals surface area contributed by atoms with Gasteiger partial charge in [0.05, 0.1) is 99.1 Å². The van der Waals surface area contributed by atoms with Crippen molar-refractivity contribution in [3.63, 3.8) is 0 Å². The number of hydrogen-bond acceptors (Lipinski definition) is 10. The quantitative estimate of drug-likeness (QED) is 0.0668. The zero-order valence-corrected chi connectivity index (χ0v) is 30.6. The van der Waals surface area contributed by atoms with E-state index in [-0.39, 0.29) is 5.04 Å². The van der Waals surface area contributed by atoms with Gasteiger partial charge in [0.2, 0.25) is 0 Å². The molecule has 0 fully saturated rings. The molecule has 3 aromatic carbocycles. The smallest absolute Gasteiger partial charge is 0.261 e. The second-order valence-electron chi connectivity index (χ2n) is 12.2. The minimum atomic E-state index is -2.53. The van der Waals surface area contributed by atoms with E-state index < -0.39 is 8.32 Å². The first-order valence-corrected chi connectivity index (χ1v) is 19.1. The number of rotatable bonds is 28. The molecule has 0 aliphatic heterocycles. The molecule has 0 atom stereocenters. The van der Waals surface area contributed by atoms with E-state index in [9.17, 15) is 0 Å². The van der Waals surface area contributed by atoms with Gasteiger partial charge in [-0.2, -0.15) is 0 Å². The molecule has 0 bridgehead atoms. The third-order valence-electron chi connectivity index (χ3n) is 7.57. The average Bonchev–Trinajstić information content (AvgIpc) is 3.11. The topological polar surface area (TPSA) is 109 Å². The molecular weight excluding hydrogens is 643 g/mol. The maximum Gasteiger partial charge on any atom is 0.261 e. The molecule has 272 valence electrons. The second kappa shape index (κ2) is 24.3. The van der Waals surface area contributed by atoms with Crippen LogP contribution in [-0.4, -0.2) is 114 Å². The molecule has 0 unspecified atom stereocenters. The lowest BCUT2D eigenvalue weighted by Gasteiger charge is -2.43. The highest BCUT2D eigenvalue weighted by Crippen LogP contribution is 2.36. The summed E-state index contributed by atoms with van der Waals surface area (Å²) >= 11 is 0. The summed E-state index contributed by atoms with van der Waals surface area (Å²) < 4.78 is 51.5. The van der Waals surface area contributed by atoms with Gasteiger partial charge in [0.25, 0.3) is 8.32 Å². The van der Waals surface area contributed by atoms with Crippen molar-refractivity contribution in [2.45, 2.75) is 25.8 Å². The molecule has 0 radical (unpaired) electrons. The Balaban J connectivity index is 1.08. The highest BCUT2D eigenvalue weighted by Gasteiger charge is 2.50. The summed E-state index contributed by atoms with van der Waals surface area (Å²) in [5.41, 5.74) is 6.37. The van der Waals surface area contributed by atoms with Gasteiger partial charge in [-0.05, 0) is 39.7 Å². The van der Waals surface area contributed by atoms with Crippen LogP contribution in [0, 0.1) is 0 Å². The Hall–Kier alpha value is -2.84. The van der Waals surface area contributed by atoms with Crippen molar-refractivity contribution >= 4 is 24.4 Å². The van der Waals surface area contributed by atoms with Gasteiger partial charge in [-0.3, -0.25) is 0 Å². The SMILES string of the molecule is CC(C)(C)[Si](OCCOCCOCCOCCOCCOCCOCCOCCOc1ccc(N)cc1)(c1ccccc1)c1ccccc1. The van der Waals surface area contributed by atoms with Crippen LogP contribution in [0.2, 0.25) is 5.04 Å². The van der Waals surface area contributed by atoms with E-state index in [1.165, 1.54) is 10.4 Å². The normalized spacial score (nSPS) is 12.0. The number of ether oxygens (including phenoxy) is 8. The molecule has 0 saturated heterocycles. The Morgan fingerprint density at radius 1 is 0.429 bits per heavy atom. The summed E-state index contributed by atoms with van der Waals surface area (Å²) in [4.78, 5) is 0. The van der Waals surface area contributed by atoms with Crippen LogP contribution in [0.3, 0.4) is 0 Å². The fraction of sp³-hybridized carbons (Fsp3) is 0.526. The van der Waals surface area contributed by atoms with Crippen LogP contribution in [0.5, 0.6) is 5.75 Å². The third-order valence-corrected chi connectivity index (χ3v) is 12.6. The van der Waals surface area contributed by atoms with E-state index in [1.54, 1.807) is 12.1 Å². The third kappa shape index (κ3) is 15.7. The zero-order valence-electron chi connectivity index (χ0n) is 29.6. The summed E-state index contributed by atoms with van der Waals surface area (Å²) in [5.74, 6) is 0.774. The number of nitrogens with two attached hydrogens (primary N) is 1. The summed E-state index contributed by atoms with van der Waals surface area (Å²) in [5, 5.41) is 2.48. The van der Waals surface area contributed by atoms with Crippen LogP contribution in [-0.2, 0) is 37.6 Å². The van der Waals surface area contributed by atoms with Crippen molar-refractivity contribution in [2.24, 2.45) is 0 Å². The Morgan fingerprint density at radius 2 is 0.755 bits per heavy atom. The predicted molar refractivity (Wildman–Crippen MR) is 196 cm³/mol. The fourth-order valence-electron chi connectivity index (χ4n) is 5.22. The van der Waals surface area contributed by atoms with Crippen LogP contribution in [0.1, 0.15) is 20.8 Å². The van der Waals surface area contributed by atoms with Crippen molar-refractivity contribution in [1.29, 1.82) is 0 Å². The van der Waals surface area contributed by atoms with Crippen molar-refractivity contribution < 1.29 is 42.3 Å². The molecule has 0 aliphatic rings. The van der Waals surface area contributed by atoms with Gasteiger partial charge in [-0.15, -0.1) is 0 Å². The van der Waals surface area contributed by atoms with Crippen LogP contribution in [0.25, 0.3) is 0 Å². The largest absolute Gasteiger partial charge is 0.491 e. The fourth-order valence-corrected chi connectivity index (χ4v) is 9.76. The zero-order chi connectivity index (χ0) is 34.9. The lowest BCUT2D eigenvalue weighted by molar-refractivity contribution is -0.0219. The van der Waals surface area contributed by atoms with Gasteiger partial charge >= 0.3 is 0 Å². The van der Waals surface area contributed by atoms with Gasteiger partial charge in [-0.25, -0.2) is 0 Å². The maximum atomic E-state index is 6.84. The number of benzene rings is 3. The molecule has 0 saturated carbocycles. The van der Waals surface area contributed by atoms with Gasteiger partial charge in [0.1, 0.15) is 12.4 Å². The first-order chi connectivity index (χ1) is 23.9. The molecule has 0 heterocycles. The Labute approximate surface area is 294 Å². The molecule has 10 nitrogen and oxygen atoms in total. The van der Waals surface area contributed by atoms with E-state index in [1.807, 2.05) is 12.1 Å². The van der Waals surface area contributed by atoms with Gasteiger partial charge in [0.15, 0.2) is 0 Å². The monoisotopic (exact) mass is 699 g/mol. The molecule has 11 heteroatoms. The summed E-state index contributed by atoms with van der Waals surface area (Å²) in [6.45, 7) is 14.9. The lowest BCUT2D eigenvalue weighted by atomic mass is 10.2. The second-order valence-corrected chi connectivity index (χ2v) is 16.5. The first kappa shape index (κ1) is 40.6. The van der Waals surface area contributed by atoms with Gasteiger partial charge in [-0.1, -0.05) is 81.4 Å². The van der Waals surface area contributed by atoms with Crippen molar-refractivity contribution in [3.8, 4) is 5.75 Å². The molecule has 3 aromatic rings. The highest BCUT2D eigenvalue weighted by molar-refractivity contribution is 6.99. The molecule has 3 rings (SSSR count). The van der Waals surface area contributed by atoms with Crippen molar-refractivity contribution in [1.82, 2.24) is 0 Å². The highest BCUT2D eigenvalue weighted by atomic mass is 28.4. The van der Waals surface area contributed by atoms with Gasteiger partial charge < -0.3 is 48.1 Å². The molecule has 0 spiro atoms. The number of hydrogen-bond donors (Lipinski definition) is 1. The predicted octanol–water partition coefficient (Wildman–Crippen LogP) is 4.34. The molecule has 0 amide bonds. The van der Waals surface area contributed by atoms with Crippen molar-refractivity contribution in [3.05, 3.63) is 84.9 Å². The van der Waals surface area contributed by atoms with Crippen LogP contribution in [0.4, 0.5) is 5.69 Å². The molecule has 49 heavy (non-hydrogen) atoms. The van der Waals surface area contributed by atoms with E-state index in [0.29, 0.717) is 111 Å². The van der Waals surface area contributed by atoms with Crippen molar-refractivity contribution in [2.75, 3.05) is 111 Å². The number of anilines is 1. The molecule has 0 aliphatic carbocycles. The Morgan fingerprint density at radius 3 is 1.10 bits per heavy atom. The summed E-state index contributed by atoms with van der Waals surface area (Å²) in [6, 6.07) is 28.6. The van der Waals surface area contributed by atoms with Crippen LogP contribution in [0.15, 0.2) is 84.9 Å². The Bertz CT molecular complexity index is 1170. The summed E-state index contributed by atoms with van der Waals surface area (Å²) in [6.07, 6.45) is 0. The van der Waals surface area contributed by atoms with E-state index in [4.69, 9.17) is 48.1 Å².